The van der Waals surface area contributed by atoms with E-state index in [9.17, 15) is 28.6 Å². The minimum Gasteiger partial charge on any atom is -0.466 e. The highest BCUT2D eigenvalue weighted by molar-refractivity contribution is 7.88. The van der Waals surface area contributed by atoms with Crippen LogP contribution in [-0.4, -0.2) is 63.8 Å². The van der Waals surface area contributed by atoms with E-state index in [1.165, 1.54) is 10.3 Å². The Kier molecular flexibility index (Phi) is 12.0. The molecular formula is C35H35N3O7S. The first-order chi connectivity index (χ1) is 22.2. The lowest BCUT2D eigenvalue weighted by Crippen LogP contribution is -2.72. The molecule has 3 unspecified atom stereocenters. The van der Waals surface area contributed by atoms with Crippen LogP contribution in [0.5, 0.6) is 0 Å². The fourth-order valence-electron chi connectivity index (χ4n) is 5.18. The van der Waals surface area contributed by atoms with Crippen LogP contribution in [0.25, 0.3) is 0 Å². The van der Waals surface area contributed by atoms with Gasteiger partial charge in [-0.15, -0.1) is 0 Å². The second-order valence-corrected chi connectivity index (χ2v) is 12.0. The van der Waals surface area contributed by atoms with Crippen LogP contribution in [0, 0.1) is 11.3 Å². The maximum atomic E-state index is 13.4. The van der Waals surface area contributed by atoms with Gasteiger partial charge in [-0.3, -0.25) is 23.4 Å². The molecule has 0 aliphatic carbocycles. The van der Waals surface area contributed by atoms with Gasteiger partial charge in [-0.25, -0.2) is 0 Å². The van der Waals surface area contributed by atoms with Crippen LogP contribution < -0.4 is 5.32 Å². The third-order valence-corrected chi connectivity index (χ3v) is 8.53. The van der Waals surface area contributed by atoms with Crippen LogP contribution in [0.3, 0.4) is 0 Å². The number of nitriles is 1. The molecule has 11 heteroatoms. The van der Waals surface area contributed by atoms with Crippen molar-refractivity contribution in [3.05, 3.63) is 118 Å². The largest absolute Gasteiger partial charge is 0.466 e. The molecule has 0 bridgehead atoms. The van der Waals surface area contributed by atoms with E-state index in [-0.39, 0.29) is 25.2 Å². The zero-order valence-corrected chi connectivity index (χ0v) is 26.4. The Morgan fingerprint density at radius 2 is 1.65 bits per heavy atom. The number of hydrogen-bond acceptors (Lipinski definition) is 8. The molecule has 0 saturated carbocycles. The molecule has 1 fully saturated rings. The Morgan fingerprint density at radius 1 is 1.00 bits per heavy atom. The molecule has 238 valence electrons. The van der Waals surface area contributed by atoms with Crippen LogP contribution >= 0.6 is 0 Å². The van der Waals surface area contributed by atoms with E-state index in [0.29, 0.717) is 16.7 Å². The lowest BCUT2D eigenvalue weighted by molar-refractivity contribution is -0.162. The molecule has 1 N–H and O–H groups in total. The predicted molar refractivity (Wildman–Crippen MR) is 171 cm³/mol. The van der Waals surface area contributed by atoms with Gasteiger partial charge in [0.25, 0.3) is 0 Å². The summed E-state index contributed by atoms with van der Waals surface area (Å²) in [5, 5.41) is 13.3. The molecule has 46 heavy (non-hydrogen) atoms. The third kappa shape index (κ3) is 8.99. The van der Waals surface area contributed by atoms with Crippen molar-refractivity contribution in [3.8, 4) is 6.07 Å². The van der Waals surface area contributed by atoms with Crippen molar-refractivity contribution in [3.63, 3.8) is 0 Å². The molecule has 0 radical (unpaired) electrons. The van der Waals surface area contributed by atoms with Crippen molar-refractivity contribution in [2.24, 2.45) is 0 Å². The Labute approximate surface area is 270 Å². The number of carbonyl (C=O) groups is 4. The zero-order chi connectivity index (χ0) is 33.1. The summed E-state index contributed by atoms with van der Waals surface area (Å²) in [6.07, 6.45) is -0.832. The average molecular weight is 642 g/mol. The van der Waals surface area contributed by atoms with Gasteiger partial charge in [0.15, 0.2) is 6.10 Å². The lowest BCUT2D eigenvalue weighted by atomic mass is 9.89. The third-order valence-electron chi connectivity index (χ3n) is 7.29. The number of amides is 2. The first-order valence-corrected chi connectivity index (χ1v) is 16.2. The van der Waals surface area contributed by atoms with Crippen LogP contribution in [0.4, 0.5) is 0 Å². The standard InChI is InChI=1S/C35H35N3O7S/c1-3-44-30(40)17-18-46(43)23-24(2)33-32(37-29(39)20-25-11-10-12-26(19-25)21-36)35(42)38(33)22-31(41)45-34(27-13-6-4-7-14-27)28-15-8-5-9-16-28/h4-16,19,23,32-34H,3,17-18,20,22H2,1-2H3,(H,37,39). The van der Waals surface area contributed by atoms with Gasteiger partial charge in [-0.1, -0.05) is 72.8 Å². The molecule has 4 rings (SSSR count). The van der Waals surface area contributed by atoms with E-state index in [4.69, 9.17) is 9.47 Å². The summed E-state index contributed by atoms with van der Waals surface area (Å²) in [4.78, 5) is 52.8. The Balaban J connectivity index is 1.52. The van der Waals surface area contributed by atoms with Crippen molar-refractivity contribution in [2.75, 3.05) is 18.9 Å². The summed E-state index contributed by atoms with van der Waals surface area (Å²) in [6.45, 7) is 3.15. The van der Waals surface area contributed by atoms with Gasteiger partial charge in [0.1, 0.15) is 12.6 Å². The predicted octanol–water partition coefficient (Wildman–Crippen LogP) is 3.73. The summed E-state index contributed by atoms with van der Waals surface area (Å²) in [7, 11) is -1.58. The zero-order valence-electron chi connectivity index (χ0n) is 25.6. The van der Waals surface area contributed by atoms with Gasteiger partial charge in [-0.2, -0.15) is 5.26 Å². The molecule has 0 aromatic heterocycles. The number of carbonyl (C=O) groups excluding carboxylic acids is 4. The molecule has 1 aliphatic heterocycles. The first-order valence-electron chi connectivity index (χ1n) is 14.8. The first kappa shape index (κ1) is 33.8. The van der Waals surface area contributed by atoms with Crippen molar-refractivity contribution >= 4 is 34.6 Å². The van der Waals surface area contributed by atoms with Gasteiger partial charge >= 0.3 is 11.9 Å². The van der Waals surface area contributed by atoms with Gasteiger partial charge in [-0.05, 0) is 48.2 Å². The Morgan fingerprint density at radius 3 is 2.26 bits per heavy atom. The maximum Gasteiger partial charge on any atom is 0.326 e. The van der Waals surface area contributed by atoms with Crippen LogP contribution in [0.1, 0.15) is 48.6 Å². The van der Waals surface area contributed by atoms with Gasteiger partial charge < -0.3 is 19.7 Å². The topological polar surface area (TPSA) is 143 Å². The summed E-state index contributed by atoms with van der Waals surface area (Å²) < 4.78 is 23.6. The van der Waals surface area contributed by atoms with Crippen LogP contribution in [0.15, 0.2) is 95.9 Å². The summed E-state index contributed by atoms with van der Waals surface area (Å²) in [5.41, 5.74) is 3.00. The van der Waals surface area contributed by atoms with Crippen LogP contribution in [-0.2, 0) is 45.9 Å². The number of nitrogens with one attached hydrogen (secondary N) is 1. The average Bonchev–Trinajstić information content (AvgIpc) is 3.06. The summed E-state index contributed by atoms with van der Waals surface area (Å²) in [5.74, 6) is -2.07. The van der Waals surface area contributed by atoms with Crippen molar-refractivity contribution in [1.82, 2.24) is 10.2 Å². The summed E-state index contributed by atoms with van der Waals surface area (Å²) in [6, 6.07) is 25.3. The van der Waals surface area contributed by atoms with E-state index < -0.39 is 59.3 Å². The molecule has 1 heterocycles. The molecule has 0 spiro atoms. The fraction of sp³-hybridized carbons (Fsp3) is 0.286. The number of rotatable bonds is 14. The quantitative estimate of drug-likeness (QED) is 0.207. The van der Waals surface area contributed by atoms with Gasteiger partial charge in [0.05, 0.1) is 37.1 Å². The number of benzene rings is 3. The molecule has 1 saturated heterocycles. The Bertz CT molecular complexity index is 1610. The number of hydrogen-bond donors (Lipinski definition) is 1. The van der Waals surface area contributed by atoms with E-state index in [1.807, 2.05) is 66.7 Å². The lowest BCUT2D eigenvalue weighted by Gasteiger charge is -2.47. The number of likely N-dealkylation sites (tertiary alicyclic amines) is 1. The molecule has 1 aliphatic rings. The number of β-lactam (4-membered cyclic amide) rings is 1. The van der Waals surface area contributed by atoms with E-state index in [2.05, 4.69) is 5.32 Å². The van der Waals surface area contributed by atoms with E-state index >= 15 is 0 Å². The smallest absolute Gasteiger partial charge is 0.326 e. The van der Waals surface area contributed by atoms with Crippen molar-refractivity contribution < 1.29 is 32.9 Å². The molecule has 3 atom stereocenters. The second kappa shape index (κ2) is 16.3. The molecular weight excluding hydrogens is 606 g/mol. The van der Waals surface area contributed by atoms with Crippen LogP contribution in [0.2, 0.25) is 0 Å². The highest BCUT2D eigenvalue weighted by atomic mass is 32.2. The van der Waals surface area contributed by atoms with E-state index in [1.54, 1.807) is 38.1 Å². The summed E-state index contributed by atoms with van der Waals surface area (Å²) >= 11 is 0. The van der Waals surface area contributed by atoms with Crippen molar-refractivity contribution in [1.29, 1.82) is 5.26 Å². The minimum atomic E-state index is -1.58. The second-order valence-electron chi connectivity index (χ2n) is 10.6. The molecule has 3 aromatic rings. The Hall–Kier alpha value is -5.08. The molecule has 2 amide bonds. The van der Waals surface area contributed by atoms with E-state index in [0.717, 1.165) is 11.1 Å². The molecule has 3 aromatic carbocycles. The fourth-order valence-corrected chi connectivity index (χ4v) is 6.22. The minimum absolute atomic E-state index is 0.0149. The number of esters is 2. The monoisotopic (exact) mass is 641 g/mol. The SMILES string of the molecule is CCOC(=O)CCS(=O)C=C(C)C1C(NC(=O)Cc2cccc(C#N)c2)C(=O)N1CC(=O)OC(c1ccccc1)c1ccccc1. The highest BCUT2D eigenvalue weighted by Gasteiger charge is 2.50. The van der Waals surface area contributed by atoms with Gasteiger partial charge in [0.2, 0.25) is 11.8 Å². The number of ether oxygens (including phenoxy) is 2. The highest BCUT2D eigenvalue weighted by Crippen LogP contribution is 2.30. The maximum absolute atomic E-state index is 13.4. The van der Waals surface area contributed by atoms with Gasteiger partial charge in [0, 0.05) is 22.0 Å². The normalized spacial score (nSPS) is 16.6. The van der Waals surface area contributed by atoms with Crippen molar-refractivity contribution in [2.45, 2.75) is 44.9 Å². The number of nitrogens with zero attached hydrogens (tertiary/aromatic N) is 2. The molecule has 10 nitrogen and oxygen atoms in total.